The van der Waals surface area contributed by atoms with E-state index in [1.54, 1.807) is 0 Å². The smallest absolute Gasteiger partial charge is 0.192 e. The predicted octanol–water partition coefficient (Wildman–Crippen LogP) is 0.310. The average Bonchev–Trinajstić information content (AvgIpc) is 2.09. The first kappa shape index (κ1) is 12.5. The van der Waals surface area contributed by atoms with Crippen LogP contribution in [0.2, 0.25) is 0 Å². The first-order chi connectivity index (χ1) is 6.38. The third kappa shape index (κ3) is 5.17. The van der Waals surface area contributed by atoms with Crippen LogP contribution >= 0.6 is 0 Å². The topological polar surface area (TPSA) is 58.5 Å². The molecule has 0 atom stereocenters. The Hall–Kier alpha value is -1.54. The van der Waals surface area contributed by atoms with Crippen molar-refractivity contribution in [1.29, 1.82) is 0 Å². The normalized spacial score (nSPS) is 10.9. The molecule has 0 spiro atoms. The number of rotatable bonds is 5. The van der Waals surface area contributed by atoms with Gasteiger partial charge >= 0.3 is 0 Å². The molecular formula is C9H12N2O2S. The van der Waals surface area contributed by atoms with Crippen LogP contribution in [0, 0.1) is 12.3 Å². The van der Waals surface area contributed by atoms with Crippen LogP contribution in [-0.2, 0) is 9.84 Å². The molecule has 0 fully saturated rings. The molecule has 0 aromatic heterocycles. The Morgan fingerprint density at radius 3 is 2.64 bits per heavy atom. The van der Waals surface area contributed by atoms with Gasteiger partial charge in [-0.05, 0) is 0 Å². The number of allylic oxidation sites excluding steroid dienone is 1. The average molecular weight is 212 g/mol. The number of aliphatic imine (C=N–C) groups is 1. The number of nitrogens with one attached hydrogen (secondary N) is 1. The fraction of sp³-hybridized carbons (Fsp3) is 0.222. The second-order valence-corrected chi connectivity index (χ2v) is 4.52. The SMILES string of the molecule is C#CCNC(=C)C=NC(=C)S(C)(=O)=O. The van der Waals surface area contributed by atoms with E-state index in [0.717, 1.165) is 6.26 Å². The van der Waals surface area contributed by atoms with Gasteiger partial charge in [-0.2, -0.15) is 0 Å². The Bertz CT molecular complexity index is 399. The van der Waals surface area contributed by atoms with Crippen molar-refractivity contribution in [3.8, 4) is 12.3 Å². The fourth-order valence-corrected chi connectivity index (χ4v) is 0.700. The van der Waals surface area contributed by atoms with Crippen LogP contribution < -0.4 is 5.32 Å². The fourth-order valence-electron chi connectivity index (χ4n) is 0.456. The highest BCUT2D eigenvalue weighted by Gasteiger charge is 2.04. The van der Waals surface area contributed by atoms with Crippen LogP contribution in [0.25, 0.3) is 0 Å². The first-order valence-electron chi connectivity index (χ1n) is 3.67. The summed E-state index contributed by atoms with van der Waals surface area (Å²) >= 11 is 0. The number of sulfone groups is 1. The minimum atomic E-state index is -3.32. The minimum Gasteiger partial charge on any atom is -0.373 e. The molecule has 0 aliphatic carbocycles. The maximum atomic E-state index is 10.9. The number of nitrogens with zero attached hydrogens (tertiary/aromatic N) is 1. The summed E-state index contributed by atoms with van der Waals surface area (Å²) in [7, 11) is -3.32. The monoisotopic (exact) mass is 212 g/mol. The van der Waals surface area contributed by atoms with Crippen molar-refractivity contribution in [1.82, 2.24) is 5.32 Å². The first-order valence-corrected chi connectivity index (χ1v) is 5.56. The summed E-state index contributed by atoms with van der Waals surface area (Å²) < 4.78 is 21.7. The number of terminal acetylenes is 1. The van der Waals surface area contributed by atoms with Gasteiger partial charge in [0.25, 0.3) is 0 Å². The molecule has 0 aromatic rings. The summed E-state index contributed by atoms with van der Waals surface area (Å²) in [6.07, 6.45) is 7.29. The minimum absolute atomic E-state index is 0.207. The van der Waals surface area contributed by atoms with Gasteiger partial charge in [-0.25, -0.2) is 13.4 Å². The lowest BCUT2D eigenvalue weighted by Gasteiger charge is -1.99. The molecule has 4 nitrogen and oxygen atoms in total. The van der Waals surface area contributed by atoms with Crippen molar-refractivity contribution < 1.29 is 8.42 Å². The lowest BCUT2D eigenvalue weighted by atomic mass is 10.5. The van der Waals surface area contributed by atoms with Gasteiger partial charge < -0.3 is 5.32 Å². The van der Waals surface area contributed by atoms with Gasteiger partial charge in [0.15, 0.2) is 9.84 Å². The Kier molecular flexibility index (Phi) is 4.67. The highest BCUT2D eigenvalue weighted by atomic mass is 32.2. The van der Waals surface area contributed by atoms with Crippen LogP contribution in [0.15, 0.2) is 28.9 Å². The Balaban J connectivity index is 4.27. The molecule has 1 N–H and O–H groups in total. The van der Waals surface area contributed by atoms with E-state index in [1.807, 2.05) is 0 Å². The summed E-state index contributed by atoms with van der Waals surface area (Å²) in [5, 5.41) is 2.52. The maximum absolute atomic E-state index is 10.9. The van der Waals surface area contributed by atoms with Crippen molar-refractivity contribution in [3.05, 3.63) is 23.9 Å². The summed E-state index contributed by atoms with van der Waals surface area (Å²) in [5.74, 6) is 2.34. The second-order valence-electron chi connectivity index (χ2n) is 2.51. The molecule has 14 heavy (non-hydrogen) atoms. The molecule has 0 aromatic carbocycles. The zero-order valence-electron chi connectivity index (χ0n) is 7.95. The van der Waals surface area contributed by atoms with Gasteiger partial charge in [0.05, 0.1) is 12.8 Å². The van der Waals surface area contributed by atoms with E-state index < -0.39 is 9.84 Å². The standard InChI is InChI=1S/C9H12N2O2S/c1-5-6-10-8(2)7-11-9(3)14(4,12)13/h1,7,10H,2-3,6H2,4H3. The van der Waals surface area contributed by atoms with Gasteiger partial charge in [-0.1, -0.05) is 19.1 Å². The van der Waals surface area contributed by atoms with Crippen molar-refractivity contribution in [2.24, 2.45) is 4.99 Å². The second kappa shape index (κ2) is 5.25. The molecule has 0 aliphatic heterocycles. The van der Waals surface area contributed by atoms with E-state index in [2.05, 4.69) is 29.4 Å². The lowest BCUT2D eigenvalue weighted by Crippen LogP contribution is -2.13. The zero-order valence-corrected chi connectivity index (χ0v) is 8.76. The molecule has 0 aliphatic rings. The molecule has 0 radical (unpaired) electrons. The highest BCUT2D eigenvalue weighted by molar-refractivity contribution is 7.94. The van der Waals surface area contributed by atoms with Gasteiger partial charge in [0, 0.05) is 12.0 Å². The largest absolute Gasteiger partial charge is 0.373 e. The van der Waals surface area contributed by atoms with Crippen molar-refractivity contribution in [2.75, 3.05) is 12.8 Å². The molecule has 0 unspecified atom stereocenters. The van der Waals surface area contributed by atoms with Gasteiger partial charge in [-0.3, -0.25) is 0 Å². The third-order valence-electron chi connectivity index (χ3n) is 1.21. The molecule has 0 saturated heterocycles. The third-order valence-corrected chi connectivity index (χ3v) is 2.17. The quantitative estimate of drug-likeness (QED) is 0.527. The molecule has 0 bridgehead atoms. The van der Waals surface area contributed by atoms with E-state index in [0.29, 0.717) is 12.2 Å². The predicted molar refractivity (Wildman–Crippen MR) is 58.5 cm³/mol. The summed E-state index contributed by atoms with van der Waals surface area (Å²) in [6, 6.07) is 0. The highest BCUT2D eigenvalue weighted by Crippen LogP contribution is 2.01. The molecule has 0 amide bonds. The van der Waals surface area contributed by atoms with Crippen LogP contribution in [0.5, 0.6) is 0 Å². The van der Waals surface area contributed by atoms with Crippen LogP contribution in [-0.4, -0.2) is 27.4 Å². The lowest BCUT2D eigenvalue weighted by molar-refractivity contribution is 0.607. The Labute approximate surface area is 84.3 Å². The van der Waals surface area contributed by atoms with E-state index in [4.69, 9.17) is 6.42 Å². The van der Waals surface area contributed by atoms with Crippen molar-refractivity contribution in [2.45, 2.75) is 0 Å². The van der Waals surface area contributed by atoms with Crippen molar-refractivity contribution in [3.63, 3.8) is 0 Å². The van der Waals surface area contributed by atoms with Gasteiger partial charge in [0.1, 0.15) is 5.03 Å². The van der Waals surface area contributed by atoms with Crippen LogP contribution in [0.3, 0.4) is 0 Å². The maximum Gasteiger partial charge on any atom is 0.192 e. The summed E-state index contributed by atoms with van der Waals surface area (Å²) in [4.78, 5) is 3.61. The van der Waals surface area contributed by atoms with Crippen LogP contribution in [0.1, 0.15) is 0 Å². The van der Waals surface area contributed by atoms with Crippen LogP contribution in [0.4, 0.5) is 0 Å². The Morgan fingerprint density at radius 2 is 2.21 bits per heavy atom. The van der Waals surface area contributed by atoms with E-state index in [-0.39, 0.29) is 5.03 Å². The molecule has 0 rings (SSSR count). The molecule has 76 valence electrons. The number of hydrogen-bond donors (Lipinski definition) is 1. The molecule has 5 heteroatoms. The molecule has 0 heterocycles. The van der Waals surface area contributed by atoms with Gasteiger partial charge in [0.2, 0.25) is 0 Å². The Morgan fingerprint density at radius 1 is 1.64 bits per heavy atom. The van der Waals surface area contributed by atoms with Gasteiger partial charge in [-0.15, -0.1) is 6.42 Å². The molecular weight excluding hydrogens is 200 g/mol. The summed E-state index contributed by atoms with van der Waals surface area (Å²) in [6.45, 7) is 7.15. The number of hydrogen-bond acceptors (Lipinski definition) is 4. The van der Waals surface area contributed by atoms with E-state index >= 15 is 0 Å². The van der Waals surface area contributed by atoms with E-state index in [1.165, 1.54) is 6.21 Å². The zero-order chi connectivity index (χ0) is 11.2. The van der Waals surface area contributed by atoms with E-state index in [9.17, 15) is 8.42 Å². The van der Waals surface area contributed by atoms with Crippen molar-refractivity contribution >= 4 is 16.1 Å². The molecule has 0 saturated carbocycles. The summed E-state index contributed by atoms with van der Waals surface area (Å²) in [5.41, 5.74) is 0.438.